The van der Waals surface area contributed by atoms with E-state index in [0.717, 1.165) is 11.3 Å². The number of imidazole rings is 1. The molecule has 0 saturated carbocycles. The van der Waals surface area contributed by atoms with Gasteiger partial charge in [-0.2, -0.15) is 0 Å². The Morgan fingerprint density at radius 3 is 2.36 bits per heavy atom. The summed E-state index contributed by atoms with van der Waals surface area (Å²) in [5.74, 6) is 0.581. The summed E-state index contributed by atoms with van der Waals surface area (Å²) in [6.07, 6.45) is -0.706. The second-order valence-corrected chi connectivity index (χ2v) is 13.9. The standard InChI is InChI=1S/C20H30N3O3PS/c1-14-8-10-15(11-9-14)16-12-21-17(22-16)20(5,13-25-27(6,7)28)23-18(24)26-19(2,3)4/h8-12H,13H2,1-7H3,(H,21,22)(H,23,24). The smallest absolute Gasteiger partial charge is 0.408 e. The van der Waals surface area contributed by atoms with Crippen LogP contribution in [0, 0.1) is 6.92 Å². The highest BCUT2D eigenvalue weighted by molar-refractivity contribution is 8.11. The van der Waals surface area contributed by atoms with Gasteiger partial charge in [-0.3, -0.25) is 0 Å². The van der Waals surface area contributed by atoms with Gasteiger partial charge in [-0.15, -0.1) is 0 Å². The van der Waals surface area contributed by atoms with E-state index in [0.29, 0.717) is 5.82 Å². The second kappa shape index (κ2) is 8.36. The highest BCUT2D eigenvalue weighted by atomic mass is 32.4. The molecule has 0 saturated heterocycles. The first-order valence-corrected chi connectivity index (χ1v) is 12.7. The van der Waals surface area contributed by atoms with E-state index in [-0.39, 0.29) is 6.61 Å². The van der Waals surface area contributed by atoms with Crippen molar-refractivity contribution in [1.82, 2.24) is 15.3 Å². The first-order valence-electron chi connectivity index (χ1n) is 9.11. The summed E-state index contributed by atoms with van der Waals surface area (Å²) in [5, 5.41) is 2.90. The number of aromatic nitrogens is 2. The van der Waals surface area contributed by atoms with Gasteiger partial charge in [0.1, 0.15) is 17.0 Å². The second-order valence-electron chi connectivity index (χ2n) is 8.50. The number of carbonyl (C=O) groups is 1. The number of carbonyl (C=O) groups excluding carboxylic acids is 1. The molecule has 28 heavy (non-hydrogen) atoms. The zero-order valence-corrected chi connectivity index (χ0v) is 19.3. The Hall–Kier alpha value is -1.69. The Morgan fingerprint density at radius 1 is 1.21 bits per heavy atom. The number of benzene rings is 1. The molecule has 0 fully saturated rings. The molecule has 0 aliphatic rings. The van der Waals surface area contributed by atoms with Gasteiger partial charge in [0.25, 0.3) is 0 Å². The number of H-pyrrole nitrogens is 1. The van der Waals surface area contributed by atoms with Crippen molar-refractivity contribution >= 4 is 24.2 Å². The molecule has 0 aliphatic carbocycles. The molecular weight excluding hydrogens is 393 g/mol. The lowest BCUT2D eigenvalue weighted by molar-refractivity contribution is 0.0421. The summed E-state index contributed by atoms with van der Waals surface area (Å²) in [6, 6.07) is 8.14. The van der Waals surface area contributed by atoms with Gasteiger partial charge in [-0.25, -0.2) is 9.78 Å². The minimum Gasteiger partial charge on any atom is -0.444 e. The van der Waals surface area contributed by atoms with Gasteiger partial charge >= 0.3 is 6.09 Å². The van der Waals surface area contributed by atoms with E-state index in [1.54, 1.807) is 6.20 Å². The minimum absolute atomic E-state index is 0.192. The molecule has 1 heterocycles. The number of nitrogens with one attached hydrogen (secondary N) is 2. The van der Waals surface area contributed by atoms with E-state index in [9.17, 15) is 4.79 Å². The molecule has 1 aromatic carbocycles. The van der Waals surface area contributed by atoms with Crippen molar-refractivity contribution in [3.05, 3.63) is 41.9 Å². The Morgan fingerprint density at radius 2 is 1.82 bits per heavy atom. The molecule has 0 bridgehead atoms. The summed E-state index contributed by atoms with van der Waals surface area (Å²) in [5.41, 5.74) is 1.54. The number of alkyl carbamates (subject to hydrolysis) is 1. The van der Waals surface area contributed by atoms with Crippen LogP contribution >= 0.6 is 6.26 Å². The molecule has 2 N–H and O–H groups in total. The lowest BCUT2D eigenvalue weighted by atomic mass is 10.0. The maximum Gasteiger partial charge on any atom is 0.408 e. The number of hydrogen-bond acceptors (Lipinski definition) is 5. The molecule has 2 aromatic rings. The third kappa shape index (κ3) is 6.73. The van der Waals surface area contributed by atoms with Crippen LogP contribution in [0.5, 0.6) is 0 Å². The van der Waals surface area contributed by atoms with E-state index >= 15 is 0 Å². The number of nitrogens with zero attached hydrogens (tertiary/aromatic N) is 1. The van der Waals surface area contributed by atoms with Gasteiger partial charge in [0.2, 0.25) is 0 Å². The summed E-state index contributed by atoms with van der Waals surface area (Å²) >= 11 is 5.41. The van der Waals surface area contributed by atoms with E-state index in [1.165, 1.54) is 5.56 Å². The largest absolute Gasteiger partial charge is 0.444 e. The Labute approximate surface area is 172 Å². The first kappa shape index (κ1) is 22.6. The quantitative estimate of drug-likeness (QED) is 0.653. The fourth-order valence-electron chi connectivity index (χ4n) is 2.46. The van der Waals surface area contributed by atoms with Crippen LogP contribution in [0.2, 0.25) is 0 Å². The van der Waals surface area contributed by atoms with E-state index in [1.807, 2.05) is 72.2 Å². The maximum atomic E-state index is 12.4. The minimum atomic E-state index is -1.92. The number of ether oxygens (including phenoxy) is 1. The third-order valence-corrected chi connectivity index (χ3v) is 4.97. The molecule has 0 aliphatic heterocycles. The zero-order valence-electron chi connectivity index (χ0n) is 17.6. The van der Waals surface area contributed by atoms with E-state index in [2.05, 4.69) is 15.3 Å². The molecule has 1 amide bonds. The molecule has 0 spiro atoms. The monoisotopic (exact) mass is 423 g/mol. The van der Waals surface area contributed by atoms with Gasteiger partial charge in [0, 0.05) is 0 Å². The van der Waals surface area contributed by atoms with Crippen molar-refractivity contribution in [3.63, 3.8) is 0 Å². The Kier molecular flexibility index (Phi) is 6.74. The summed E-state index contributed by atoms with van der Waals surface area (Å²) in [4.78, 5) is 20.3. The van der Waals surface area contributed by atoms with Gasteiger partial charge < -0.3 is 19.6 Å². The maximum absolute atomic E-state index is 12.4. The molecule has 154 valence electrons. The van der Waals surface area contributed by atoms with Crippen molar-refractivity contribution in [2.45, 2.75) is 45.8 Å². The van der Waals surface area contributed by atoms with E-state index < -0.39 is 23.5 Å². The highest BCUT2D eigenvalue weighted by Crippen LogP contribution is 2.40. The fraction of sp³-hybridized carbons (Fsp3) is 0.500. The molecule has 1 unspecified atom stereocenters. The molecule has 0 radical (unpaired) electrons. The summed E-state index contributed by atoms with van der Waals surface area (Å²) < 4.78 is 11.3. The summed E-state index contributed by atoms with van der Waals surface area (Å²) in [7, 11) is 0. The molecule has 1 atom stereocenters. The number of rotatable bonds is 6. The van der Waals surface area contributed by atoms with Gasteiger partial charge in [-0.1, -0.05) is 41.6 Å². The lowest BCUT2D eigenvalue weighted by Gasteiger charge is -2.31. The van der Waals surface area contributed by atoms with Crippen LogP contribution in [0.3, 0.4) is 0 Å². The Balaban J connectivity index is 2.31. The third-order valence-electron chi connectivity index (χ3n) is 3.90. The first-order chi connectivity index (χ1) is 12.8. The molecular formula is C20H30N3O3PS. The lowest BCUT2D eigenvalue weighted by Crippen LogP contribution is -2.49. The van der Waals surface area contributed by atoms with Crippen LogP contribution in [0.15, 0.2) is 30.5 Å². The van der Waals surface area contributed by atoms with Crippen LogP contribution < -0.4 is 5.32 Å². The molecule has 1 aromatic heterocycles. The topological polar surface area (TPSA) is 76.2 Å². The van der Waals surface area contributed by atoms with Crippen LogP contribution in [0.4, 0.5) is 4.79 Å². The highest BCUT2D eigenvalue weighted by Gasteiger charge is 2.35. The number of amides is 1. The van der Waals surface area contributed by atoms with Crippen LogP contribution in [-0.4, -0.2) is 41.6 Å². The Bertz CT molecular complexity index is 868. The van der Waals surface area contributed by atoms with Crippen LogP contribution in [0.25, 0.3) is 11.3 Å². The zero-order chi connectivity index (χ0) is 21.2. The van der Waals surface area contributed by atoms with Crippen LogP contribution in [0.1, 0.15) is 39.1 Å². The predicted molar refractivity (Wildman–Crippen MR) is 118 cm³/mol. The van der Waals surface area contributed by atoms with Crippen molar-refractivity contribution < 1.29 is 14.1 Å². The average molecular weight is 424 g/mol. The normalized spacial score (nSPS) is 14.4. The number of aryl methyl sites for hydroxylation is 1. The van der Waals surface area contributed by atoms with Gasteiger partial charge in [0.05, 0.1) is 24.8 Å². The molecule has 6 nitrogen and oxygen atoms in total. The summed E-state index contributed by atoms with van der Waals surface area (Å²) in [6.45, 7) is 13.3. The fourth-order valence-corrected chi connectivity index (χ4v) is 3.19. The van der Waals surface area contributed by atoms with E-state index in [4.69, 9.17) is 21.1 Å². The van der Waals surface area contributed by atoms with Gasteiger partial charge in [0.15, 0.2) is 0 Å². The van der Waals surface area contributed by atoms with Crippen molar-refractivity contribution in [3.8, 4) is 11.3 Å². The molecule has 2 rings (SSSR count). The number of hydrogen-bond donors (Lipinski definition) is 2. The van der Waals surface area contributed by atoms with Crippen molar-refractivity contribution in [1.29, 1.82) is 0 Å². The number of aromatic amines is 1. The van der Waals surface area contributed by atoms with Crippen LogP contribution in [-0.2, 0) is 26.6 Å². The SMILES string of the molecule is Cc1ccc(-c2cnc(C(C)(COP(C)(C)=S)NC(=O)OC(C)(C)C)[nH]2)cc1. The van der Waals surface area contributed by atoms with Crippen molar-refractivity contribution in [2.75, 3.05) is 19.9 Å². The average Bonchev–Trinajstić information content (AvgIpc) is 3.02. The van der Waals surface area contributed by atoms with Crippen molar-refractivity contribution in [2.24, 2.45) is 0 Å². The van der Waals surface area contributed by atoms with Gasteiger partial charge in [-0.05, 0) is 53.5 Å². The predicted octanol–water partition coefficient (Wildman–Crippen LogP) is 4.80. The molecule has 8 heteroatoms.